The van der Waals surface area contributed by atoms with E-state index in [1.807, 2.05) is 18.7 Å². The summed E-state index contributed by atoms with van der Waals surface area (Å²) < 4.78 is 38.8. The quantitative estimate of drug-likeness (QED) is 0.610. The van der Waals surface area contributed by atoms with Crippen LogP contribution in [0.1, 0.15) is 32.3 Å². The predicted octanol–water partition coefficient (Wildman–Crippen LogP) is 3.99. The Hall–Kier alpha value is -1.79. The number of anilines is 1. The number of rotatable bonds is 2. The van der Waals surface area contributed by atoms with Crippen molar-refractivity contribution in [3.8, 4) is 0 Å². The lowest BCUT2D eigenvalue weighted by atomic mass is 10.1. The van der Waals surface area contributed by atoms with Crippen LogP contribution in [0.3, 0.4) is 0 Å². The maximum Gasteiger partial charge on any atom is 0.423 e. The summed E-state index contributed by atoms with van der Waals surface area (Å²) in [5, 5.41) is 10.7. The molecule has 1 aromatic carbocycles. The summed E-state index contributed by atoms with van der Waals surface area (Å²) in [6, 6.07) is 3.48. The molecule has 2 rings (SSSR count). The second kappa shape index (κ2) is 4.96. The van der Waals surface area contributed by atoms with Crippen molar-refractivity contribution in [3.63, 3.8) is 0 Å². The van der Waals surface area contributed by atoms with E-state index in [9.17, 15) is 23.3 Å². The van der Waals surface area contributed by atoms with Gasteiger partial charge in [-0.15, -0.1) is 0 Å². The fourth-order valence-electron chi connectivity index (χ4n) is 2.77. The highest BCUT2D eigenvalue weighted by Crippen LogP contribution is 2.40. The number of halogens is 3. The molecule has 20 heavy (non-hydrogen) atoms. The molecule has 0 saturated carbocycles. The van der Waals surface area contributed by atoms with Crippen LogP contribution in [0.15, 0.2) is 18.2 Å². The van der Waals surface area contributed by atoms with Gasteiger partial charge in [0.2, 0.25) is 0 Å². The van der Waals surface area contributed by atoms with Crippen LogP contribution in [0.4, 0.5) is 24.5 Å². The van der Waals surface area contributed by atoms with Gasteiger partial charge in [0.1, 0.15) is 5.56 Å². The van der Waals surface area contributed by atoms with Crippen LogP contribution in [-0.4, -0.2) is 17.0 Å². The van der Waals surface area contributed by atoms with Gasteiger partial charge in [-0.05, 0) is 38.8 Å². The van der Waals surface area contributed by atoms with Crippen LogP contribution in [0, 0.1) is 10.1 Å². The van der Waals surface area contributed by atoms with Gasteiger partial charge in [0.25, 0.3) is 5.69 Å². The van der Waals surface area contributed by atoms with E-state index in [1.54, 1.807) is 0 Å². The number of hydrogen-bond donors (Lipinski definition) is 0. The van der Waals surface area contributed by atoms with E-state index >= 15 is 0 Å². The third kappa shape index (κ3) is 2.57. The highest BCUT2D eigenvalue weighted by Gasteiger charge is 2.39. The fourth-order valence-corrected chi connectivity index (χ4v) is 2.77. The van der Waals surface area contributed by atoms with Crippen LogP contribution in [-0.2, 0) is 6.18 Å². The van der Waals surface area contributed by atoms with Crippen LogP contribution >= 0.6 is 0 Å². The first-order valence-electron chi connectivity index (χ1n) is 6.35. The van der Waals surface area contributed by atoms with Crippen LogP contribution in [0.25, 0.3) is 0 Å². The average molecular weight is 288 g/mol. The molecule has 0 N–H and O–H groups in total. The standard InChI is InChI=1S/C13H15F3N2O2/c1-8-3-4-9(2)17(8)10-5-6-12(18(19)20)11(7-10)13(14,15)16/h5-9H,3-4H2,1-2H3/t8-,9?/m0/s1. The normalized spacial score (nSPS) is 23.1. The molecule has 1 unspecified atom stereocenters. The van der Waals surface area contributed by atoms with E-state index in [0.29, 0.717) is 5.69 Å². The monoisotopic (exact) mass is 288 g/mol. The first-order chi connectivity index (χ1) is 9.21. The highest BCUT2D eigenvalue weighted by atomic mass is 19.4. The molecule has 1 heterocycles. The first kappa shape index (κ1) is 14.6. The van der Waals surface area contributed by atoms with E-state index in [0.717, 1.165) is 25.0 Å². The molecular weight excluding hydrogens is 273 g/mol. The minimum absolute atomic E-state index is 0.132. The zero-order chi connectivity index (χ0) is 15.1. The third-order valence-electron chi connectivity index (χ3n) is 3.73. The lowest BCUT2D eigenvalue weighted by Crippen LogP contribution is -2.32. The molecule has 0 aromatic heterocycles. The van der Waals surface area contributed by atoms with Gasteiger partial charge in [0.05, 0.1) is 4.92 Å². The Morgan fingerprint density at radius 2 is 1.80 bits per heavy atom. The van der Waals surface area contributed by atoms with E-state index in [1.165, 1.54) is 6.07 Å². The Kier molecular flexibility index (Phi) is 3.62. The lowest BCUT2D eigenvalue weighted by molar-refractivity contribution is -0.388. The molecule has 0 aliphatic carbocycles. The molecule has 0 radical (unpaired) electrons. The maximum atomic E-state index is 12.9. The number of alkyl halides is 3. The lowest BCUT2D eigenvalue weighted by Gasteiger charge is -2.29. The highest BCUT2D eigenvalue weighted by molar-refractivity contribution is 5.58. The van der Waals surface area contributed by atoms with Gasteiger partial charge in [-0.3, -0.25) is 10.1 Å². The number of hydrogen-bond acceptors (Lipinski definition) is 3. The minimum Gasteiger partial charge on any atom is -0.366 e. The van der Waals surface area contributed by atoms with Gasteiger partial charge < -0.3 is 4.90 Å². The van der Waals surface area contributed by atoms with Crippen molar-refractivity contribution in [3.05, 3.63) is 33.9 Å². The molecule has 2 atom stereocenters. The van der Waals surface area contributed by atoms with Gasteiger partial charge in [-0.2, -0.15) is 13.2 Å². The van der Waals surface area contributed by atoms with Gasteiger partial charge in [0, 0.05) is 23.8 Å². The molecule has 1 fully saturated rings. The van der Waals surface area contributed by atoms with Crippen molar-refractivity contribution in [2.75, 3.05) is 4.90 Å². The molecule has 0 amide bonds. The Bertz CT molecular complexity index is 521. The molecule has 0 bridgehead atoms. The van der Waals surface area contributed by atoms with Crippen molar-refractivity contribution in [1.29, 1.82) is 0 Å². The van der Waals surface area contributed by atoms with Gasteiger partial charge in [-0.1, -0.05) is 0 Å². The van der Waals surface area contributed by atoms with Gasteiger partial charge in [0.15, 0.2) is 0 Å². The first-order valence-corrected chi connectivity index (χ1v) is 6.35. The van der Waals surface area contributed by atoms with Crippen molar-refractivity contribution in [2.24, 2.45) is 0 Å². The molecule has 4 nitrogen and oxygen atoms in total. The average Bonchev–Trinajstić information content (AvgIpc) is 2.67. The molecule has 7 heteroatoms. The molecule has 110 valence electrons. The smallest absolute Gasteiger partial charge is 0.366 e. The summed E-state index contributed by atoms with van der Waals surface area (Å²) in [4.78, 5) is 11.6. The zero-order valence-electron chi connectivity index (χ0n) is 11.1. The molecular formula is C13H15F3N2O2. The minimum atomic E-state index is -4.73. The molecule has 0 spiro atoms. The van der Waals surface area contributed by atoms with E-state index in [2.05, 4.69) is 0 Å². The number of nitrogens with zero attached hydrogens (tertiary/aromatic N) is 2. The fraction of sp³-hybridized carbons (Fsp3) is 0.538. The number of nitro benzene ring substituents is 1. The maximum absolute atomic E-state index is 12.9. The Morgan fingerprint density at radius 3 is 2.25 bits per heavy atom. The largest absolute Gasteiger partial charge is 0.423 e. The van der Waals surface area contributed by atoms with Crippen molar-refractivity contribution in [2.45, 2.75) is 44.9 Å². The summed E-state index contributed by atoms with van der Waals surface area (Å²) in [6.07, 6.45) is -2.93. The second-order valence-electron chi connectivity index (χ2n) is 5.14. The number of benzene rings is 1. The zero-order valence-corrected chi connectivity index (χ0v) is 11.1. The SMILES string of the molecule is CC1CC[C@H](C)N1c1ccc([N+](=O)[O-])c(C(F)(F)F)c1. The van der Waals surface area contributed by atoms with E-state index < -0.39 is 22.4 Å². The van der Waals surface area contributed by atoms with Crippen LogP contribution < -0.4 is 4.90 Å². The number of nitro groups is 1. The topological polar surface area (TPSA) is 46.4 Å². The molecule has 1 saturated heterocycles. The summed E-state index contributed by atoms with van der Waals surface area (Å²) in [6.45, 7) is 3.89. The second-order valence-corrected chi connectivity index (χ2v) is 5.14. The van der Waals surface area contributed by atoms with Crippen molar-refractivity contribution < 1.29 is 18.1 Å². The summed E-state index contributed by atoms with van der Waals surface area (Å²) in [5.41, 5.74) is -1.70. The summed E-state index contributed by atoms with van der Waals surface area (Å²) >= 11 is 0. The Morgan fingerprint density at radius 1 is 1.25 bits per heavy atom. The van der Waals surface area contributed by atoms with E-state index in [-0.39, 0.29) is 12.1 Å². The Labute approximate surface area is 114 Å². The summed E-state index contributed by atoms with van der Waals surface area (Å²) in [5.74, 6) is 0. The third-order valence-corrected chi connectivity index (χ3v) is 3.73. The van der Waals surface area contributed by atoms with Crippen molar-refractivity contribution in [1.82, 2.24) is 0 Å². The summed E-state index contributed by atoms with van der Waals surface area (Å²) in [7, 11) is 0. The molecule has 1 aliphatic heterocycles. The van der Waals surface area contributed by atoms with Gasteiger partial charge in [-0.25, -0.2) is 0 Å². The molecule has 1 aliphatic rings. The Balaban J connectivity index is 2.50. The van der Waals surface area contributed by atoms with E-state index in [4.69, 9.17) is 0 Å². The van der Waals surface area contributed by atoms with Gasteiger partial charge >= 0.3 is 6.18 Å². The van der Waals surface area contributed by atoms with Crippen molar-refractivity contribution >= 4 is 11.4 Å². The van der Waals surface area contributed by atoms with Crippen LogP contribution in [0.2, 0.25) is 0 Å². The van der Waals surface area contributed by atoms with Crippen LogP contribution in [0.5, 0.6) is 0 Å². The predicted molar refractivity (Wildman–Crippen MR) is 68.7 cm³/mol. The molecule has 1 aromatic rings.